The minimum absolute atomic E-state index is 0.0309. The van der Waals surface area contributed by atoms with Gasteiger partial charge < -0.3 is 14.7 Å². The summed E-state index contributed by atoms with van der Waals surface area (Å²) in [5.41, 5.74) is 1.21. The molecule has 0 atom stereocenters. The third-order valence-corrected chi connectivity index (χ3v) is 3.06. The second kappa shape index (κ2) is 6.90. The monoisotopic (exact) mass is 342 g/mol. The number of benzene rings is 1. The highest BCUT2D eigenvalue weighted by Crippen LogP contribution is 2.29. The first kappa shape index (κ1) is 17.8. The number of urea groups is 1. The van der Waals surface area contributed by atoms with Gasteiger partial charge in [0, 0.05) is 25.2 Å². The molecule has 2 aromatic rings. The predicted octanol–water partition coefficient (Wildman–Crippen LogP) is 3.31. The van der Waals surface area contributed by atoms with E-state index in [9.17, 15) is 18.0 Å². The summed E-state index contributed by atoms with van der Waals surface area (Å²) in [6.07, 6.45) is -4.67. The number of aromatic nitrogens is 2. The maximum Gasteiger partial charge on any atom is 0.471 e. The molecule has 1 aromatic heterocycles. The Kier molecular flexibility index (Phi) is 5.10. The Labute approximate surface area is 136 Å². The number of carbonyl (C=O) groups excluding carboxylic acids is 1. The summed E-state index contributed by atoms with van der Waals surface area (Å²) in [4.78, 5) is 16.6. The number of alkyl halides is 3. The van der Waals surface area contributed by atoms with Gasteiger partial charge in [-0.25, -0.2) is 4.79 Å². The number of hydrogen-bond acceptors (Lipinski definition) is 4. The van der Waals surface area contributed by atoms with Gasteiger partial charge in [0.25, 0.3) is 0 Å². The third-order valence-electron chi connectivity index (χ3n) is 3.06. The van der Waals surface area contributed by atoms with Gasteiger partial charge in [-0.3, -0.25) is 0 Å². The SMILES string of the molecule is CC(C)NC(=O)N(C)Cc1ccc(-c2noc(C(F)(F)F)n2)cc1. The van der Waals surface area contributed by atoms with Crippen LogP contribution in [0.3, 0.4) is 0 Å². The zero-order valence-corrected chi connectivity index (χ0v) is 13.4. The summed E-state index contributed by atoms with van der Waals surface area (Å²) < 4.78 is 41.6. The Hall–Kier alpha value is -2.58. The van der Waals surface area contributed by atoms with Gasteiger partial charge >= 0.3 is 18.1 Å². The lowest BCUT2D eigenvalue weighted by Gasteiger charge is -2.19. The van der Waals surface area contributed by atoms with Gasteiger partial charge in [-0.15, -0.1) is 0 Å². The number of nitrogens with one attached hydrogen (secondary N) is 1. The van der Waals surface area contributed by atoms with E-state index in [2.05, 4.69) is 20.0 Å². The Balaban J connectivity index is 2.05. The molecule has 0 saturated heterocycles. The standard InChI is InChI=1S/C15H17F3N4O2/c1-9(2)19-14(23)22(3)8-10-4-6-11(7-5-10)12-20-13(24-21-12)15(16,17)18/h4-7,9H,8H2,1-3H3,(H,19,23). The maximum absolute atomic E-state index is 12.5. The van der Waals surface area contributed by atoms with E-state index in [0.717, 1.165) is 5.56 Å². The summed E-state index contributed by atoms with van der Waals surface area (Å²) in [5.74, 6) is -1.52. The van der Waals surface area contributed by atoms with E-state index in [4.69, 9.17) is 0 Å². The second-order valence-corrected chi connectivity index (χ2v) is 5.58. The van der Waals surface area contributed by atoms with Crippen LogP contribution in [0.25, 0.3) is 11.4 Å². The van der Waals surface area contributed by atoms with Crippen LogP contribution in [0.5, 0.6) is 0 Å². The largest absolute Gasteiger partial charge is 0.471 e. The zero-order valence-electron chi connectivity index (χ0n) is 13.4. The number of hydrogen-bond donors (Lipinski definition) is 1. The quantitative estimate of drug-likeness (QED) is 0.925. The molecule has 0 spiro atoms. The molecule has 130 valence electrons. The lowest BCUT2D eigenvalue weighted by molar-refractivity contribution is -0.159. The molecule has 1 N–H and O–H groups in total. The van der Waals surface area contributed by atoms with E-state index in [0.29, 0.717) is 12.1 Å². The van der Waals surface area contributed by atoms with Crippen LogP contribution in [0.15, 0.2) is 28.8 Å². The Morgan fingerprint density at radius 3 is 2.42 bits per heavy atom. The number of nitrogens with zero attached hydrogens (tertiary/aromatic N) is 3. The molecule has 6 nitrogen and oxygen atoms in total. The first-order valence-electron chi connectivity index (χ1n) is 7.18. The van der Waals surface area contributed by atoms with Gasteiger partial charge in [-0.1, -0.05) is 29.4 Å². The summed E-state index contributed by atoms with van der Waals surface area (Å²) in [7, 11) is 1.65. The van der Waals surface area contributed by atoms with Crippen molar-refractivity contribution in [3.8, 4) is 11.4 Å². The normalized spacial score (nSPS) is 11.6. The fraction of sp³-hybridized carbons (Fsp3) is 0.400. The van der Waals surface area contributed by atoms with E-state index in [1.807, 2.05) is 13.8 Å². The molecule has 0 bridgehead atoms. The van der Waals surface area contributed by atoms with Crippen LogP contribution < -0.4 is 5.32 Å². The van der Waals surface area contributed by atoms with Crippen LogP contribution in [0.4, 0.5) is 18.0 Å². The van der Waals surface area contributed by atoms with Crippen molar-refractivity contribution in [2.75, 3.05) is 7.05 Å². The fourth-order valence-electron chi connectivity index (χ4n) is 1.92. The highest BCUT2D eigenvalue weighted by atomic mass is 19.4. The molecule has 0 unspecified atom stereocenters. The Morgan fingerprint density at radius 2 is 1.92 bits per heavy atom. The average molecular weight is 342 g/mol. The molecule has 0 fully saturated rings. The lowest BCUT2D eigenvalue weighted by atomic mass is 10.1. The van der Waals surface area contributed by atoms with E-state index >= 15 is 0 Å². The molecule has 2 rings (SSSR count). The summed E-state index contributed by atoms with van der Waals surface area (Å²) in [6.45, 7) is 4.08. The van der Waals surface area contributed by atoms with Gasteiger partial charge in [0.15, 0.2) is 0 Å². The van der Waals surface area contributed by atoms with Crippen LogP contribution in [-0.2, 0) is 12.7 Å². The van der Waals surface area contributed by atoms with Gasteiger partial charge in [-0.05, 0) is 19.4 Å². The lowest BCUT2D eigenvalue weighted by Crippen LogP contribution is -2.40. The van der Waals surface area contributed by atoms with Gasteiger partial charge in [0.05, 0.1) is 0 Å². The van der Waals surface area contributed by atoms with Crippen LogP contribution in [0, 0.1) is 0 Å². The van der Waals surface area contributed by atoms with Crippen molar-refractivity contribution < 1.29 is 22.5 Å². The second-order valence-electron chi connectivity index (χ2n) is 5.58. The molecule has 0 aliphatic carbocycles. The fourth-order valence-corrected chi connectivity index (χ4v) is 1.92. The van der Waals surface area contributed by atoms with Crippen molar-refractivity contribution in [2.45, 2.75) is 32.6 Å². The molecule has 0 radical (unpaired) electrons. The van der Waals surface area contributed by atoms with Crippen molar-refractivity contribution >= 4 is 6.03 Å². The molecule has 1 aromatic carbocycles. The van der Waals surface area contributed by atoms with E-state index in [1.54, 1.807) is 31.3 Å². The number of halogens is 3. The molecule has 0 saturated carbocycles. The number of carbonyl (C=O) groups is 1. The van der Waals surface area contributed by atoms with E-state index < -0.39 is 12.1 Å². The van der Waals surface area contributed by atoms with Crippen molar-refractivity contribution in [1.82, 2.24) is 20.4 Å². The van der Waals surface area contributed by atoms with E-state index in [1.165, 1.54) is 4.90 Å². The Morgan fingerprint density at radius 1 is 1.29 bits per heavy atom. The van der Waals surface area contributed by atoms with Crippen LogP contribution in [0.1, 0.15) is 25.3 Å². The molecule has 24 heavy (non-hydrogen) atoms. The van der Waals surface area contributed by atoms with Gasteiger partial charge in [-0.2, -0.15) is 18.2 Å². The van der Waals surface area contributed by atoms with Crippen molar-refractivity contribution in [1.29, 1.82) is 0 Å². The van der Waals surface area contributed by atoms with Gasteiger partial charge in [0.2, 0.25) is 5.82 Å². The van der Waals surface area contributed by atoms with E-state index in [-0.39, 0.29) is 17.9 Å². The minimum Gasteiger partial charge on any atom is -0.336 e. The van der Waals surface area contributed by atoms with Crippen molar-refractivity contribution in [3.05, 3.63) is 35.7 Å². The van der Waals surface area contributed by atoms with Gasteiger partial charge in [0.1, 0.15) is 0 Å². The highest BCUT2D eigenvalue weighted by Gasteiger charge is 2.38. The van der Waals surface area contributed by atoms with Crippen molar-refractivity contribution in [2.24, 2.45) is 0 Å². The molecule has 0 aliphatic heterocycles. The highest BCUT2D eigenvalue weighted by molar-refractivity contribution is 5.74. The van der Waals surface area contributed by atoms with Crippen LogP contribution in [0.2, 0.25) is 0 Å². The third kappa shape index (κ3) is 4.46. The summed E-state index contributed by atoms with van der Waals surface area (Å²) in [6, 6.07) is 6.37. The predicted molar refractivity (Wildman–Crippen MR) is 79.9 cm³/mol. The minimum atomic E-state index is -4.67. The summed E-state index contributed by atoms with van der Waals surface area (Å²) in [5, 5.41) is 6.09. The maximum atomic E-state index is 12.5. The smallest absolute Gasteiger partial charge is 0.336 e. The molecule has 1 heterocycles. The molecule has 9 heteroatoms. The van der Waals surface area contributed by atoms with Crippen LogP contribution >= 0.6 is 0 Å². The molecular formula is C15H17F3N4O2. The summed E-state index contributed by atoms with van der Waals surface area (Å²) >= 11 is 0. The first-order valence-corrected chi connectivity index (χ1v) is 7.18. The van der Waals surface area contributed by atoms with Crippen LogP contribution in [-0.4, -0.2) is 34.2 Å². The average Bonchev–Trinajstić information content (AvgIpc) is 2.97. The molecule has 2 amide bonds. The molecular weight excluding hydrogens is 325 g/mol. The Bertz CT molecular complexity index is 695. The zero-order chi connectivity index (χ0) is 17.9. The number of rotatable bonds is 4. The molecule has 0 aliphatic rings. The number of amides is 2. The topological polar surface area (TPSA) is 71.3 Å². The first-order chi connectivity index (χ1) is 11.2. The van der Waals surface area contributed by atoms with Crippen molar-refractivity contribution in [3.63, 3.8) is 0 Å².